The maximum atomic E-state index is 13.3. The molecule has 0 saturated carbocycles. The van der Waals surface area contributed by atoms with E-state index in [4.69, 9.17) is 4.74 Å². The second-order valence-electron chi connectivity index (χ2n) is 11.7. The van der Waals surface area contributed by atoms with Crippen LogP contribution in [0.3, 0.4) is 0 Å². The summed E-state index contributed by atoms with van der Waals surface area (Å²) in [5.41, 5.74) is 6.88. The van der Waals surface area contributed by atoms with E-state index in [0.29, 0.717) is 30.3 Å². The second kappa shape index (κ2) is 14.1. The van der Waals surface area contributed by atoms with Gasteiger partial charge in [-0.15, -0.1) is 0 Å². The lowest BCUT2D eigenvalue weighted by molar-refractivity contribution is -0.134. The molecule has 1 heterocycles. The zero-order valence-corrected chi connectivity index (χ0v) is 25.1. The predicted octanol–water partition coefficient (Wildman–Crippen LogP) is 5.70. The van der Waals surface area contributed by atoms with Crippen molar-refractivity contribution in [2.45, 2.75) is 78.7 Å². The average Bonchev–Trinajstić information content (AvgIpc) is 2.94. The number of hydrogen-bond donors (Lipinski definition) is 3. The molecule has 3 N–H and O–H groups in total. The molecule has 7 nitrogen and oxygen atoms in total. The summed E-state index contributed by atoms with van der Waals surface area (Å²) >= 11 is 0. The molecular formula is C33H48N4O3. The van der Waals surface area contributed by atoms with E-state index in [1.807, 2.05) is 19.1 Å². The van der Waals surface area contributed by atoms with Gasteiger partial charge in [-0.1, -0.05) is 33.8 Å². The number of Topliss-reactive ketones (excluding diaryl/α,β-unsaturated/α-hetero) is 1. The fourth-order valence-corrected chi connectivity index (χ4v) is 5.80. The number of carbonyl (C=O) groups excluding carboxylic acids is 2. The molecule has 218 valence electrons. The van der Waals surface area contributed by atoms with Crippen LogP contribution in [0.4, 0.5) is 11.4 Å². The minimum atomic E-state index is -0.227. The predicted molar refractivity (Wildman–Crippen MR) is 164 cm³/mol. The van der Waals surface area contributed by atoms with Gasteiger partial charge in [0.25, 0.3) is 0 Å². The fourth-order valence-electron chi connectivity index (χ4n) is 5.80. The molecule has 0 amide bonds. The van der Waals surface area contributed by atoms with Gasteiger partial charge in [0.05, 0.1) is 6.04 Å². The normalized spacial score (nSPS) is 18.2. The SMILES string of the molecule is CCNc1cc2c(cc1CC(=O)C(C)CN1CCNCC1)CCCC2Nc1cc(OC(=O)CC)cc(C(C)C)c1. The van der Waals surface area contributed by atoms with Crippen molar-refractivity contribution in [1.82, 2.24) is 10.2 Å². The van der Waals surface area contributed by atoms with Crippen molar-refractivity contribution >= 4 is 23.1 Å². The fraction of sp³-hybridized carbons (Fsp3) is 0.576. The number of anilines is 2. The lowest BCUT2D eigenvalue weighted by Crippen LogP contribution is -2.46. The molecular weight excluding hydrogens is 500 g/mol. The van der Waals surface area contributed by atoms with E-state index in [1.54, 1.807) is 0 Å². The molecule has 1 fully saturated rings. The van der Waals surface area contributed by atoms with E-state index in [2.05, 4.69) is 66.7 Å². The van der Waals surface area contributed by atoms with Crippen molar-refractivity contribution in [3.8, 4) is 5.75 Å². The first-order valence-electron chi connectivity index (χ1n) is 15.2. The topological polar surface area (TPSA) is 82.7 Å². The van der Waals surface area contributed by atoms with Crippen LogP contribution in [-0.4, -0.2) is 55.9 Å². The maximum Gasteiger partial charge on any atom is 0.310 e. The van der Waals surface area contributed by atoms with Crippen LogP contribution in [0, 0.1) is 5.92 Å². The first-order chi connectivity index (χ1) is 19.3. The van der Waals surface area contributed by atoms with Crippen LogP contribution in [0.2, 0.25) is 0 Å². The number of ether oxygens (including phenoxy) is 1. The summed E-state index contributed by atoms with van der Waals surface area (Å²) in [5.74, 6) is 1.00. The molecule has 1 aliphatic carbocycles. The Hall–Kier alpha value is -2.90. The van der Waals surface area contributed by atoms with Crippen LogP contribution in [-0.2, 0) is 22.4 Å². The molecule has 1 aliphatic heterocycles. The molecule has 0 spiro atoms. The summed E-state index contributed by atoms with van der Waals surface area (Å²) < 4.78 is 5.60. The van der Waals surface area contributed by atoms with Gasteiger partial charge in [0, 0.05) is 75.5 Å². The van der Waals surface area contributed by atoms with E-state index in [0.717, 1.165) is 81.0 Å². The van der Waals surface area contributed by atoms with Crippen molar-refractivity contribution in [2.75, 3.05) is 49.9 Å². The van der Waals surface area contributed by atoms with Crippen molar-refractivity contribution < 1.29 is 14.3 Å². The number of nitrogens with zero attached hydrogens (tertiary/aromatic N) is 1. The first kappa shape index (κ1) is 30.1. The zero-order chi connectivity index (χ0) is 28.6. The standard InChI is InChI=1S/C33H48N4O3/c1-6-33(39)40-28-17-25(22(3)4)16-27(19-28)36-30-10-8-9-24-15-26(31(35-7-2)20-29(24)30)18-32(38)23(5)21-37-13-11-34-12-14-37/h15-17,19-20,22-23,30,34-36H,6-14,18,21H2,1-5H3. The Morgan fingerprint density at radius 3 is 2.55 bits per heavy atom. The van der Waals surface area contributed by atoms with E-state index in [9.17, 15) is 9.59 Å². The molecule has 7 heteroatoms. The quantitative estimate of drug-likeness (QED) is 0.232. The molecule has 2 aromatic rings. The Balaban J connectivity index is 1.55. The third-order valence-corrected chi connectivity index (χ3v) is 8.16. The summed E-state index contributed by atoms with van der Waals surface area (Å²) in [6.07, 6.45) is 3.93. The number of benzene rings is 2. The van der Waals surface area contributed by atoms with Crippen molar-refractivity contribution in [3.63, 3.8) is 0 Å². The third-order valence-electron chi connectivity index (χ3n) is 8.16. The van der Waals surface area contributed by atoms with Crippen molar-refractivity contribution in [3.05, 3.63) is 52.6 Å². The van der Waals surface area contributed by atoms with Crippen molar-refractivity contribution in [1.29, 1.82) is 0 Å². The Labute approximate surface area is 240 Å². The highest BCUT2D eigenvalue weighted by atomic mass is 16.5. The first-order valence-corrected chi connectivity index (χ1v) is 15.2. The molecule has 2 unspecified atom stereocenters. The van der Waals surface area contributed by atoms with Crippen LogP contribution < -0.4 is 20.7 Å². The monoisotopic (exact) mass is 548 g/mol. The molecule has 4 rings (SSSR count). The number of fused-ring (bicyclic) bond motifs is 1. The molecule has 2 aromatic carbocycles. The Bertz CT molecular complexity index is 1170. The highest BCUT2D eigenvalue weighted by Gasteiger charge is 2.25. The van der Waals surface area contributed by atoms with E-state index < -0.39 is 0 Å². The number of ketones is 1. The largest absolute Gasteiger partial charge is 0.426 e. The number of aryl methyl sites for hydroxylation is 1. The van der Waals surface area contributed by atoms with Crippen LogP contribution >= 0.6 is 0 Å². The number of esters is 1. The summed E-state index contributed by atoms with van der Waals surface area (Å²) in [6.45, 7) is 15.9. The Morgan fingerprint density at radius 1 is 1.07 bits per heavy atom. The van der Waals surface area contributed by atoms with E-state index >= 15 is 0 Å². The second-order valence-corrected chi connectivity index (χ2v) is 11.7. The van der Waals surface area contributed by atoms with Crippen LogP contribution in [0.15, 0.2) is 30.3 Å². The molecule has 0 radical (unpaired) electrons. The zero-order valence-electron chi connectivity index (χ0n) is 25.1. The number of carbonyl (C=O) groups is 2. The van der Waals surface area contributed by atoms with E-state index in [1.165, 1.54) is 11.1 Å². The van der Waals surface area contributed by atoms with Gasteiger partial charge in [-0.05, 0) is 72.6 Å². The molecule has 0 bridgehead atoms. The molecule has 2 aliphatic rings. The highest BCUT2D eigenvalue weighted by molar-refractivity contribution is 5.85. The van der Waals surface area contributed by atoms with Crippen molar-refractivity contribution in [2.24, 2.45) is 5.92 Å². The summed E-state index contributed by atoms with van der Waals surface area (Å²) in [4.78, 5) is 27.7. The summed E-state index contributed by atoms with van der Waals surface area (Å²) in [7, 11) is 0. The molecule has 0 aromatic heterocycles. The van der Waals surface area contributed by atoms with Crippen LogP contribution in [0.5, 0.6) is 5.75 Å². The maximum absolute atomic E-state index is 13.3. The number of hydrogen-bond acceptors (Lipinski definition) is 7. The van der Waals surface area contributed by atoms with Gasteiger partial charge in [-0.25, -0.2) is 0 Å². The van der Waals surface area contributed by atoms with Crippen LogP contribution in [0.25, 0.3) is 0 Å². The van der Waals surface area contributed by atoms with Crippen LogP contribution in [0.1, 0.15) is 88.1 Å². The van der Waals surface area contributed by atoms with E-state index in [-0.39, 0.29) is 17.9 Å². The van der Waals surface area contributed by atoms with Gasteiger partial charge in [0.1, 0.15) is 11.5 Å². The van der Waals surface area contributed by atoms with Gasteiger partial charge < -0.3 is 25.6 Å². The summed E-state index contributed by atoms with van der Waals surface area (Å²) in [5, 5.41) is 10.7. The number of nitrogens with one attached hydrogen (secondary N) is 3. The molecule has 2 atom stereocenters. The van der Waals surface area contributed by atoms with Gasteiger partial charge in [-0.2, -0.15) is 0 Å². The average molecular weight is 549 g/mol. The van der Waals surface area contributed by atoms with Gasteiger partial charge in [0.2, 0.25) is 0 Å². The Morgan fingerprint density at radius 2 is 1.85 bits per heavy atom. The molecule has 1 saturated heterocycles. The van der Waals surface area contributed by atoms with Gasteiger partial charge in [0.15, 0.2) is 0 Å². The smallest absolute Gasteiger partial charge is 0.310 e. The number of rotatable bonds is 12. The third kappa shape index (κ3) is 7.85. The lowest BCUT2D eigenvalue weighted by Gasteiger charge is -2.30. The lowest BCUT2D eigenvalue weighted by atomic mass is 9.84. The molecule has 40 heavy (non-hydrogen) atoms. The van der Waals surface area contributed by atoms with Gasteiger partial charge >= 0.3 is 5.97 Å². The Kier molecular flexibility index (Phi) is 10.6. The summed E-state index contributed by atoms with van der Waals surface area (Å²) in [6, 6.07) is 10.8. The number of piperazine rings is 1. The minimum Gasteiger partial charge on any atom is -0.426 e. The highest BCUT2D eigenvalue weighted by Crippen LogP contribution is 2.37. The van der Waals surface area contributed by atoms with Gasteiger partial charge in [-0.3, -0.25) is 9.59 Å². The minimum absolute atomic E-state index is 0.0160.